The second-order valence-electron chi connectivity index (χ2n) is 8.05. The van der Waals surface area contributed by atoms with Gasteiger partial charge in [-0.15, -0.1) is 6.42 Å². The van der Waals surface area contributed by atoms with E-state index in [-0.39, 0.29) is 41.0 Å². The van der Waals surface area contributed by atoms with Crippen LogP contribution in [0.5, 0.6) is 5.88 Å². The number of carbonyl (C=O) groups is 1. The molecule has 13 heteroatoms. The molecule has 0 radical (unpaired) electrons. The molecule has 0 bridgehead atoms. The number of benzene rings is 1. The number of anilines is 1. The average molecular weight is 508 g/mol. The Hall–Kier alpha value is -3.24. The van der Waals surface area contributed by atoms with Crippen molar-refractivity contribution in [1.29, 1.82) is 0 Å². The van der Waals surface area contributed by atoms with E-state index in [1.165, 1.54) is 19.2 Å². The van der Waals surface area contributed by atoms with E-state index >= 15 is 0 Å². The van der Waals surface area contributed by atoms with Crippen LogP contribution < -0.4 is 15.8 Å². The molecule has 1 saturated carbocycles. The van der Waals surface area contributed by atoms with E-state index in [9.17, 15) is 22.0 Å². The van der Waals surface area contributed by atoms with Gasteiger partial charge < -0.3 is 15.8 Å². The van der Waals surface area contributed by atoms with Crippen LogP contribution in [0.4, 0.5) is 14.5 Å². The third-order valence-electron chi connectivity index (χ3n) is 5.78. The third-order valence-corrected chi connectivity index (χ3v) is 9.74. The maximum absolute atomic E-state index is 15.0. The van der Waals surface area contributed by atoms with Crippen molar-refractivity contribution in [3.63, 3.8) is 0 Å². The molecule has 1 amide bonds. The normalized spacial score (nSPS) is 25.5. The number of aliphatic imine (C=N–C) groups is 1. The van der Waals surface area contributed by atoms with Crippen LogP contribution in [-0.4, -0.2) is 46.4 Å². The second-order valence-corrected chi connectivity index (χ2v) is 11.9. The van der Waals surface area contributed by atoms with E-state index < -0.39 is 42.9 Å². The molecule has 1 aromatic carbocycles. The number of thioether (sulfide) groups is 1. The molecule has 3 atom stereocenters. The van der Waals surface area contributed by atoms with Crippen molar-refractivity contribution in [3.8, 4) is 18.2 Å². The highest BCUT2D eigenvalue weighted by atomic mass is 32.3. The molecule has 3 N–H and O–H groups in total. The summed E-state index contributed by atoms with van der Waals surface area (Å²) >= 11 is 0.912. The summed E-state index contributed by atoms with van der Waals surface area (Å²) in [4.78, 5) is 24.7. The lowest BCUT2D eigenvalue weighted by atomic mass is 9.86. The van der Waals surface area contributed by atoms with Gasteiger partial charge in [0.15, 0.2) is 33.2 Å². The first kappa shape index (κ1) is 23.9. The van der Waals surface area contributed by atoms with Crippen molar-refractivity contribution < 1.29 is 26.7 Å². The monoisotopic (exact) mass is 507 g/mol. The van der Waals surface area contributed by atoms with Crippen molar-refractivity contribution >= 4 is 38.4 Å². The van der Waals surface area contributed by atoms with Gasteiger partial charge in [0, 0.05) is 29.5 Å². The standard InChI is InChI=1S/C21H19F2N5O4S2/c1-4-5-32-16-10-25-14(9-26-16)18(29)27-11-6-12(17(23)13(22)7-11)20(2)15-8-21(15,34(3,30)31)33-19(24)28-20/h1,6-7,9-10,15H,5,8H2,2-3H3,(H2,24,28)(H,27,29)/t15-,20+,21+/m0/s1. The molecule has 2 heterocycles. The minimum absolute atomic E-state index is 0.0241. The number of aromatic nitrogens is 2. The maximum Gasteiger partial charge on any atom is 0.275 e. The van der Waals surface area contributed by atoms with E-state index in [0.29, 0.717) is 0 Å². The van der Waals surface area contributed by atoms with E-state index in [4.69, 9.17) is 16.9 Å². The van der Waals surface area contributed by atoms with Gasteiger partial charge in [0.25, 0.3) is 5.91 Å². The number of fused-ring (bicyclic) bond motifs is 1. The number of rotatable bonds is 6. The van der Waals surface area contributed by atoms with Gasteiger partial charge in [0.05, 0.1) is 17.9 Å². The predicted octanol–water partition coefficient (Wildman–Crippen LogP) is 2.06. The number of nitrogens with one attached hydrogen (secondary N) is 1. The third kappa shape index (κ3) is 3.97. The number of terminal acetylenes is 1. The summed E-state index contributed by atoms with van der Waals surface area (Å²) in [6.45, 7) is 1.48. The molecule has 4 rings (SSSR count). The van der Waals surface area contributed by atoms with Crippen molar-refractivity contribution in [1.82, 2.24) is 9.97 Å². The molecule has 0 unspecified atom stereocenters. The summed E-state index contributed by atoms with van der Waals surface area (Å²) in [6.07, 6.45) is 8.68. The van der Waals surface area contributed by atoms with Crippen molar-refractivity contribution in [2.24, 2.45) is 16.6 Å². The zero-order valence-electron chi connectivity index (χ0n) is 18.0. The number of nitrogens with zero attached hydrogens (tertiary/aromatic N) is 3. The van der Waals surface area contributed by atoms with Crippen LogP contribution in [0.3, 0.4) is 0 Å². The molecule has 1 aliphatic heterocycles. The highest BCUT2D eigenvalue weighted by Gasteiger charge is 2.72. The Bertz CT molecular complexity index is 1360. The Kier molecular flexibility index (Phi) is 5.77. The Morgan fingerprint density at radius 1 is 1.38 bits per heavy atom. The van der Waals surface area contributed by atoms with Crippen LogP contribution in [0, 0.1) is 29.9 Å². The molecular weight excluding hydrogens is 488 g/mol. The molecule has 1 aliphatic carbocycles. The SMILES string of the molecule is C#CCOc1cnc(C(=O)Nc2cc(F)c(F)c([C@@]3(C)N=C(N)S[C@@]4(S(C)(=O)=O)C[C@H]43)c2)cn1. The number of hydrogen-bond acceptors (Lipinski definition) is 9. The van der Waals surface area contributed by atoms with Crippen LogP contribution >= 0.6 is 11.8 Å². The number of halogens is 2. The van der Waals surface area contributed by atoms with Crippen molar-refractivity contribution in [3.05, 3.63) is 47.4 Å². The zero-order chi connectivity index (χ0) is 24.9. The smallest absolute Gasteiger partial charge is 0.275 e. The maximum atomic E-state index is 15.0. The summed E-state index contributed by atoms with van der Waals surface area (Å²) in [7, 11) is -3.58. The van der Waals surface area contributed by atoms with Crippen LogP contribution in [0.15, 0.2) is 29.5 Å². The van der Waals surface area contributed by atoms with E-state index in [1.54, 1.807) is 0 Å². The van der Waals surface area contributed by atoms with Gasteiger partial charge in [0.2, 0.25) is 5.88 Å². The van der Waals surface area contributed by atoms with Crippen LogP contribution in [0.2, 0.25) is 0 Å². The minimum atomic E-state index is -3.58. The number of carbonyl (C=O) groups excluding carboxylic acids is 1. The predicted molar refractivity (Wildman–Crippen MR) is 123 cm³/mol. The van der Waals surface area contributed by atoms with Gasteiger partial charge in [0.1, 0.15) is 9.77 Å². The fourth-order valence-corrected chi connectivity index (χ4v) is 7.34. The Morgan fingerprint density at radius 3 is 2.74 bits per heavy atom. The molecule has 0 spiro atoms. The Balaban J connectivity index is 1.65. The summed E-state index contributed by atoms with van der Waals surface area (Å²) in [5.74, 6) is -1.43. The van der Waals surface area contributed by atoms with Crippen molar-refractivity contribution in [2.75, 3.05) is 18.2 Å². The number of amidine groups is 1. The lowest BCUT2D eigenvalue weighted by Crippen LogP contribution is -2.39. The van der Waals surface area contributed by atoms with Crippen LogP contribution in [0.1, 0.15) is 29.4 Å². The topological polar surface area (TPSA) is 137 Å². The Morgan fingerprint density at radius 2 is 2.12 bits per heavy atom. The second kappa shape index (κ2) is 8.21. The largest absolute Gasteiger partial charge is 0.463 e. The molecule has 178 valence electrons. The number of hydrogen-bond donors (Lipinski definition) is 2. The summed E-state index contributed by atoms with van der Waals surface area (Å²) in [5.41, 5.74) is 4.04. The molecule has 9 nitrogen and oxygen atoms in total. The van der Waals surface area contributed by atoms with Crippen LogP contribution in [-0.2, 0) is 15.4 Å². The first-order chi connectivity index (χ1) is 15.9. The summed E-state index contributed by atoms with van der Waals surface area (Å²) < 4.78 is 58.2. The van der Waals surface area contributed by atoms with E-state index in [2.05, 4.69) is 26.2 Å². The van der Waals surface area contributed by atoms with E-state index in [1.807, 2.05) is 0 Å². The fraction of sp³-hybridized carbons (Fsp3) is 0.333. The number of amides is 1. The number of nitrogens with two attached hydrogens (primary N) is 1. The molecule has 34 heavy (non-hydrogen) atoms. The minimum Gasteiger partial charge on any atom is -0.463 e. The molecule has 1 fully saturated rings. The van der Waals surface area contributed by atoms with E-state index in [0.717, 1.165) is 30.3 Å². The zero-order valence-corrected chi connectivity index (χ0v) is 19.6. The van der Waals surface area contributed by atoms with Gasteiger partial charge in [-0.2, -0.15) is 0 Å². The molecular formula is C21H19F2N5O4S2. The van der Waals surface area contributed by atoms with Gasteiger partial charge in [-0.05, 0) is 19.4 Å². The van der Waals surface area contributed by atoms with Gasteiger partial charge in [-0.1, -0.05) is 17.7 Å². The van der Waals surface area contributed by atoms with Gasteiger partial charge >= 0.3 is 0 Å². The highest BCUT2D eigenvalue weighted by Crippen LogP contribution is 2.68. The lowest BCUT2D eigenvalue weighted by Gasteiger charge is -2.33. The first-order valence-corrected chi connectivity index (χ1v) is 12.5. The summed E-state index contributed by atoms with van der Waals surface area (Å²) in [5, 5.41) is 2.40. The number of sulfone groups is 1. The number of ether oxygens (including phenoxy) is 1. The fourth-order valence-electron chi connectivity index (χ4n) is 4.05. The Labute approximate surface area is 198 Å². The van der Waals surface area contributed by atoms with Crippen LogP contribution in [0.25, 0.3) is 0 Å². The van der Waals surface area contributed by atoms with Crippen molar-refractivity contribution in [2.45, 2.75) is 23.0 Å². The lowest BCUT2D eigenvalue weighted by molar-refractivity contribution is 0.102. The van der Waals surface area contributed by atoms with Gasteiger partial charge in [-0.3, -0.25) is 9.79 Å². The molecule has 2 aromatic rings. The molecule has 2 aliphatic rings. The molecule has 0 saturated heterocycles. The quantitative estimate of drug-likeness (QED) is 0.567. The average Bonchev–Trinajstić information content (AvgIpc) is 3.52. The van der Waals surface area contributed by atoms with Gasteiger partial charge in [-0.25, -0.2) is 27.2 Å². The molecule has 1 aromatic heterocycles. The first-order valence-electron chi connectivity index (χ1n) is 9.84. The highest BCUT2D eigenvalue weighted by molar-refractivity contribution is 8.24. The summed E-state index contributed by atoms with van der Waals surface area (Å²) in [6, 6.07) is 2.02.